The predicted molar refractivity (Wildman–Crippen MR) is 165 cm³/mol. The number of amides is 1. The van der Waals surface area contributed by atoms with Gasteiger partial charge in [0.15, 0.2) is 0 Å². The molecule has 0 spiro atoms. The minimum atomic E-state index is -4.96. The summed E-state index contributed by atoms with van der Waals surface area (Å²) in [6.45, 7) is 9.37. The lowest BCUT2D eigenvalue weighted by Crippen LogP contribution is -2.58. The number of halogens is 6. The quantitative estimate of drug-likeness (QED) is 0.188. The van der Waals surface area contributed by atoms with E-state index in [1.807, 2.05) is 13.8 Å². The number of thioether (sulfide) groups is 1. The van der Waals surface area contributed by atoms with Crippen LogP contribution in [0.3, 0.4) is 0 Å². The first-order valence-corrected chi connectivity index (χ1v) is 16.1. The number of carbonyl (C=O) groups is 1. The molecule has 3 aliphatic rings. The maximum Gasteiger partial charge on any atom is 0.417 e. The van der Waals surface area contributed by atoms with E-state index in [4.69, 9.17) is 11.6 Å². The zero-order valence-electron chi connectivity index (χ0n) is 24.6. The summed E-state index contributed by atoms with van der Waals surface area (Å²) in [5, 5.41) is -0.435. The monoisotopic (exact) mass is 667 g/mol. The summed E-state index contributed by atoms with van der Waals surface area (Å²) in [4.78, 5) is 36.4. The molecule has 3 aliphatic heterocycles. The van der Waals surface area contributed by atoms with Gasteiger partial charge in [0.25, 0.3) is 0 Å². The Morgan fingerprint density at radius 1 is 1.07 bits per heavy atom. The van der Waals surface area contributed by atoms with E-state index in [-0.39, 0.29) is 65.3 Å². The molecule has 2 saturated heterocycles. The molecule has 6 rings (SSSR count). The third-order valence-electron chi connectivity index (χ3n) is 8.90. The smallest absolute Gasteiger partial charge is 0.352 e. The second-order valence-corrected chi connectivity index (χ2v) is 13.3. The lowest BCUT2D eigenvalue weighted by Gasteiger charge is -2.44. The van der Waals surface area contributed by atoms with Crippen LogP contribution in [0.15, 0.2) is 40.5 Å². The number of hydrogen-bond donors (Lipinski definition) is 0. The van der Waals surface area contributed by atoms with Crippen molar-refractivity contribution < 1.29 is 26.7 Å². The van der Waals surface area contributed by atoms with Gasteiger partial charge in [-0.1, -0.05) is 18.2 Å². The predicted octanol–water partition coefficient (Wildman–Crippen LogP) is 6.20. The molecule has 0 radical (unpaired) electrons. The number of hydrogen-bond acceptors (Lipinski definition) is 6. The number of alkyl halides is 3. The van der Waals surface area contributed by atoms with Crippen LogP contribution in [0.5, 0.6) is 0 Å². The Morgan fingerprint density at radius 3 is 2.36 bits per heavy atom. The van der Waals surface area contributed by atoms with E-state index in [1.54, 1.807) is 9.80 Å². The first-order valence-electron chi connectivity index (χ1n) is 14.7. The number of benzene rings is 2. The van der Waals surface area contributed by atoms with Gasteiger partial charge in [0.2, 0.25) is 5.91 Å². The topological polar surface area (TPSA) is 61.7 Å². The van der Waals surface area contributed by atoms with E-state index in [0.717, 1.165) is 49.8 Å². The van der Waals surface area contributed by atoms with Crippen LogP contribution in [-0.4, -0.2) is 75.3 Å². The molecule has 240 valence electrons. The molecule has 0 saturated carbocycles. The van der Waals surface area contributed by atoms with Crippen molar-refractivity contribution >= 4 is 46.0 Å². The number of aromatic nitrogens is 2. The molecule has 7 nitrogen and oxygen atoms in total. The van der Waals surface area contributed by atoms with Crippen LogP contribution in [0.4, 0.5) is 27.8 Å². The molecule has 0 aliphatic carbocycles. The van der Waals surface area contributed by atoms with Crippen LogP contribution in [0, 0.1) is 11.6 Å². The summed E-state index contributed by atoms with van der Waals surface area (Å²) >= 11 is 7.11. The average molecular weight is 668 g/mol. The SMILES string of the molecule is C=CC(=O)N1[C@H](C)CN(c2nc(=O)n3c4c(c(-c5cc(Cl)c(F)cc5F)c(C(F)(F)F)cc24)SC[C@H](N2CCCC2)C3)C[C@@H]1C. The molecule has 0 unspecified atom stereocenters. The Kier molecular flexibility index (Phi) is 8.40. The third kappa shape index (κ3) is 5.61. The summed E-state index contributed by atoms with van der Waals surface area (Å²) in [7, 11) is 0. The number of anilines is 1. The van der Waals surface area contributed by atoms with Gasteiger partial charge in [-0.3, -0.25) is 14.3 Å². The van der Waals surface area contributed by atoms with Crippen LogP contribution in [0.25, 0.3) is 22.0 Å². The van der Waals surface area contributed by atoms with Gasteiger partial charge in [-0.15, -0.1) is 11.8 Å². The molecule has 14 heteroatoms. The van der Waals surface area contributed by atoms with Crippen LogP contribution in [0.1, 0.15) is 32.3 Å². The van der Waals surface area contributed by atoms with Crippen molar-refractivity contribution in [1.82, 2.24) is 19.4 Å². The third-order valence-corrected chi connectivity index (χ3v) is 10.4. The second kappa shape index (κ2) is 11.9. The Hall–Kier alpha value is -3.16. The maximum atomic E-state index is 15.4. The fourth-order valence-electron chi connectivity index (χ4n) is 6.96. The van der Waals surface area contributed by atoms with E-state index >= 15 is 4.39 Å². The number of carbonyl (C=O) groups excluding carboxylic acids is 1. The maximum absolute atomic E-state index is 15.4. The lowest BCUT2D eigenvalue weighted by molar-refractivity contribution is -0.137. The zero-order chi connectivity index (χ0) is 32.4. The molecule has 1 amide bonds. The van der Waals surface area contributed by atoms with Crippen molar-refractivity contribution in [3.8, 4) is 11.1 Å². The number of nitrogens with zero attached hydrogens (tertiary/aromatic N) is 5. The van der Waals surface area contributed by atoms with Gasteiger partial charge >= 0.3 is 11.9 Å². The minimum absolute atomic E-state index is 0.0606. The largest absolute Gasteiger partial charge is 0.417 e. The van der Waals surface area contributed by atoms with E-state index in [0.29, 0.717) is 11.8 Å². The molecule has 4 heterocycles. The highest BCUT2D eigenvalue weighted by Gasteiger charge is 2.41. The average Bonchev–Trinajstić information content (AvgIpc) is 3.43. The first-order chi connectivity index (χ1) is 21.3. The summed E-state index contributed by atoms with van der Waals surface area (Å²) in [6.07, 6.45) is -1.81. The highest BCUT2D eigenvalue weighted by atomic mass is 35.5. The Labute approximate surface area is 265 Å². The highest BCUT2D eigenvalue weighted by Crippen LogP contribution is 2.49. The number of likely N-dealkylation sites (tertiary alicyclic amines) is 1. The Balaban J connectivity index is 1.64. The highest BCUT2D eigenvalue weighted by molar-refractivity contribution is 7.99. The second-order valence-electron chi connectivity index (χ2n) is 11.9. The zero-order valence-corrected chi connectivity index (χ0v) is 26.2. The standard InChI is InChI=1S/C31H31ClF5N5O2S/c1-4-25(43)42-16(2)12-40(13-17(42)3)29-20-9-21(31(35,36)37)26(19-10-22(32)24(34)11-23(19)33)28-27(20)41(30(44)38-29)14-18(15-45-28)39-7-5-6-8-39/h4,9-11,16-18H,1,5-8,12-15H2,2-3H3/t16-,17+,18-/m1/s1. The molecule has 2 fully saturated rings. The Morgan fingerprint density at radius 2 is 1.73 bits per heavy atom. The molecular weight excluding hydrogens is 637 g/mol. The minimum Gasteiger partial charge on any atom is -0.352 e. The van der Waals surface area contributed by atoms with Crippen molar-refractivity contribution in [3.63, 3.8) is 0 Å². The number of rotatable bonds is 4. The molecule has 0 N–H and O–H groups in total. The number of piperazine rings is 1. The van der Waals surface area contributed by atoms with E-state index < -0.39 is 45.2 Å². The van der Waals surface area contributed by atoms with Crippen molar-refractivity contribution in [2.75, 3.05) is 36.8 Å². The summed E-state index contributed by atoms with van der Waals surface area (Å²) in [5.41, 5.74) is -2.57. The summed E-state index contributed by atoms with van der Waals surface area (Å²) < 4.78 is 75.9. The normalized spacial score (nSPS) is 22.6. The molecule has 0 bridgehead atoms. The lowest BCUT2D eigenvalue weighted by atomic mass is 9.95. The Bertz CT molecular complexity index is 1750. The first kappa shape index (κ1) is 31.8. The van der Waals surface area contributed by atoms with Crippen LogP contribution < -0.4 is 10.6 Å². The summed E-state index contributed by atoms with van der Waals surface area (Å²) in [6, 6.07) is 1.35. The molecule has 3 aromatic rings. The molecule has 1 aromatic heterocycles. The van der Waals surface area contributed by atoms with E-state index in [1.165, 1.54) is 10.6 Å². The van der Waals surface area contributed by atoms with Gasteiger partial charge < -0.3 is 9.80 Å². The summed E-state index contributed by atoms with van der Waals surface area (Å²) in [5.74, 6) is -2.17. The van der Waals surface area contributed by atoms with Crippen LogP contribution >= 0.6 is 23.4 Å². The van der Waals surface area contributed by atoms with E-state index in [2.05, 4.69) is 16.5 Å². The van der Waals surface area contributed by atoms with Gasteiger partial charge in [-0.25, -0.2) is 13.6 Å². The van der Waals surface area contributed by atoms with Gasteiger partial charge in [-0.05, 0) is 58.0 Å². The van der Waals surface area contributed by atoms with Crippen molar-refractivity contribution in [2.45, 2.75) is 62.4 Å². The van der Waals surface area contributed by atoms with Crippen molar-refractivity contribution in [1.29, 1.82) is 0 Å². The molecule has 2 aromatic carbocycles. The van der Waals surface area contributed by atoms with E-state index in [9.17, 15) is 27.2 Å². The van der Waals surface area contributed by atoms with Crippen molar-refractivity contribution in [3.05, 3.63) is 63.6 Å². The van der Waals surface area contributed by atoms with Gasteiger partial charge in [0, 0.05) is 71.0 Å². The fourth-order valence-corrected chi connectivity index (χ4v) is 8.52. The molecule has 45 heavy (non-hydrogen) atoms. The van der Waals surface area contributed by atoms with Gasteiger partial charge in [-0.2, -0.15) is 18.2 Å². The van der Waals surface area contributed by atoms with Gasteiger partial charge in [0.05, 0.1) is 16.1 Å². The van der Waals surface area contributed by atoms with Gasteiger partial charge in [0.1, 0.15) is 17.5 Å². The molecule has 3 atom stereocenters. The van der Waals surface area contributed by atoms with Crippen LogP contribution in [-0.2, 0) is 17.5 Å². The molecular formula is C31H31ClF5N5O2S. The van der Waals surface area contributed by atoms with Crippen molar-refractivity contribution in [2.24, 2.45) is 0 Å². The fraction of sp³-hybridized carbons (Fsp3) is 0.452. The van der Waals surface area contributed by atoms with Crippen LogP contribution in [0.2, 0.25) is 5.02 Å².